The van der Waals surface area contributed by atoms with E-state index in [4.69, 9.17) is 37.9 Å². The molecule has 0 aliphatic carbocycles. The highest BCUT2D eigenvalue weighted by molar-refractivity contribution is 7.99. The molecule has 75 heavy (non-hydrogen) atoms. The van der Waals surface area contributed by atoms with Gasteiger partial charge in [-0.05, 0) is 105 Å². The van der Waals surface area contributed by atoms with Crippen LogP contribution >= 0.6 is 11.8 Å². The number of carbonyl (C=O) groups excluding carboxylic acids is 1. The second-order valence-electron chi connectivity index (χ2n) is 22.4. The number of methoxy groups -OCH3 is 3. The molecule has 5 N–H and O–H groups in total. The molecule has 1 aromatic carbocycles. The molecule has 0 unspecified atom stereocenters. The number of aliphatic hydroxyl groups is 5. The van der Waals surface area contributed by atoms with Crippen molar-refractivity contribution in [3.8, 4) is 0 Å². The van der Waals surface area contributed by atoms with Crippen molar-refractivity contribution in [2.75, 3.05) is 67.5 Å². The van der Waals surface area contributed by atoms with E-state index < -0.39 is 127 Å². The van der Waals surface area contributed by atoms with Crippen molar-refractivity contribution in [3.63, 3.8) is 0 Å². The number of aromatic nitrogens is 3. The number of likely N-dealkylation sites (N-methyl/N-ethyl adjacent to an activating group) is 2. The Balaban J connectivity index is 1.42. The minimum atomic E-state index is -1.85. The van der Waals surface area contributed by atoms with E-state index in [9.17, 15) is 34.7 Å². The van der Waals surface area contributed by atoms with Crippen molar-refractivity contribution in [1.82, 2.24) is 24.8 Å². The zero-order valence-corrected chi connectivity index (χ0v) is 48.0. The van der Waals surface area contributed by atoms with Crippen LogP contribution in [-0.2, 0) is 49.1 Å². The molecule has 19 nitrogen and oxygen atoms in total. The number of halogens is 1. The number of thioether (sulfide) groups is 1. The van der Waals surface area contributed by atoms with Gasteiger partial charge < -0.3 is 73.2 Å². The van der Waals surface area contributed by atoms with Crippen LogP contribution < -0.4 is 0 Å². The number of carbonyl (C=O) groups is 1. The zero-order valence-electron chi connectivity index (χ0n) is 47.2. The molecule has 0 amide bonds. The van der Waals surface area contributed by atoms with Crippen LogP contribution in [0, 0.1) is 17.8 Å². The van der Waals surface area contributed by atoms with E-state index >= 15 is 0 Å². The fourth-order valence-corrected chi connectivity index (χ4v) is 12.3. The van der Waals surface area contributed by atoms with Gasteiger partial charge in [0.25, 0.3) is 0 Å². The Bertz CT molecular complexity index is 2040. The molecule has 3 aliphatic heterocycles. The highest BCUT2D eigenvalue weighted by atomic mass is 32.2. The van der Waals surface area contributed by atoms with Crippen LogP contribution in [0.1, 0.15) is 118 Å². The van der Waals surface area contributed by atoms with Crippen LogP contribution in [0.25, 0.3) is 0 Å². The zero-order chi connectivity index (χ0) is 55.7. The average molecular weight is 1090 g/mol. The van der Waals surface area contributed by atoms with Crippen LogP contribution in [0.2, 0.25) is 0 Å². The monoisotopic (exact) mass is 1090 g/mol. The fourth-order valence-electron chi connectivity index (χ4n) is 11.5. The van der Waals surface area contributed by atoms with Gasteiger partial charge in [0.1, 0.15) is 48.8 Å². The number of alkyl halides is 1. The van der Waals surface area contributed by atoms with Crippen molar-refractivity contribution in [1.29, 1.82) is 0 Å². The molecule has 2 aromatic rings. The van der Waals surface area contributed by atoms with Crippen LogP contribution in [0.5, 0.6) is 0 Å². The Morgan fingerprint density at radius 2 is 1.65 bits per heavy atom. The third-order valence-corrected chi connectivity index (χ3v) is 17.2. The highest BCUT2D eigenvalue weighted by Crippen LogP contribution is 2.41. The number of hydrogen-bond acceptors (Lipinski definition) is 19. The molecular weight excluding hydrogens is 994 g/mol. The lowest BCUT2D eigenvalue weighted by Gasteiger charge is -2.49. The standard InChI is InChI=1S/C54H92FN5O14S/c1-16-42-54(10,66)47(62)35(6)59(12)29-31(2)26-52(8,65)49(33(4)45(34(5)50(64)72-42)73-43-27-53(9,69-15)48(63)36(7)71-43)74-51-44(61)40(25-32(3)70-51)58(11)22-21-38-30-60(57-56-38)41(28-55)46(68-14)37-17-19-39(20-18-37)75-24-23-67-13/h17-20,30-36,40-49,51,61-63,65-66H,16,21-29H2,1-15H3/t31-,32-,33+,34-,35-,36+,40+,41-,42-,43+,44-,45+,46-,47-,48+,49-,51+,52-,53-,54-/m1/s1. The van der Waals surface area contributed by atoms with Gasteiger partial charge in [0.2, 0.25) is 0 Å². The summed E-state index contributed by atoms with van der Waals surface area (Å²) < 4.78 is 65.7. The molecular formula is C54H92FN5O14S. The highest BCUT2D eigenvalue weighted by Gasteiger charge is 2.53. The van der Waals surface area contributed by atoms with Crippen molar-refractivity contribution < 1.29 is 72.6 Å². The van der Waals surface area contributed by atoms with Crippen molar-refractivity contribution in [2.45, 2.75) is 209 Å². The van der Waals surface area contributed by atoms with Crippen LogP contribution in [0.3, 0.4) is 0 Å². The van der Waals surface area contributed by atoms with Crippen LogP contribution in [0.4, 0.5) is 4.39 Å². The summed E-state index contributed by atoms with van der Waals surface area (Å²) in [5.41, 5.74) is -3.16. The number of rotatable bonds is 19. The maximum atomic E-state index is 14.9. The normalized spacial score (nSPS) is 38.9. The van der Waals surface area contributed by atoms with Gasteiger partial charge in [-0.25, -0.2) is 9.07 Å². The number of cyclic esters (lactones) is 1. The molecule has 0 bridgehead atoms. The molecule has 0 spiro atoms. The van der Waals surface area contributed by atoms with E-state index in [1.54, 1.807) is 80.6 Å². The van der Waals surface area contributed by atoms with Gasteiger partial charge in [0.05, 0.1) is 53.8 Å². The average Bonchev–Trinajstić information content (AvgIpc) is 3.84. The van der Waals surface area contributed by atoms with Crippen molar-refractivity contribution >= 4 is 17.7 Å². The first-order chi connectivity index (χ1) is 35.3. The predicted molar refractivity (Wildman–Crippen MR) is 281 cm³/mol. The SMILES string of the molecule is CC[C@H]1OC(=O)[C@H](C)[C@@H](O[C@H]2C[C@@](C)(OC)[C@@H](O)[C@H](C)O2)[C@H](C)[C@@H](O[C@@H]2O[C@H](C)C[C@H](N(C)CCc3cn([C@H](CF)[C@H](OC)c4ccc(SCCOC)cc4)nn3)[C@H]2O)[C@](C)(O)C[C@@H](C)CN(C)[C@H](C)[C@@H](O)[C@]1(C)O. The van der Waals surface area contributed by atoms with Crippen molar-refractivity contribution in [3.05, 3.63) is 41.7 Å². The van der Waals surface area contributed by atoms with Gasteiger partial charge in [-0.2, -0.15) is 0 Å². The fraction of sp³-hybridized carbons (Fsp3) is 0.833. The molecule has 430 valence electrons. The summed E-state index contributed by atoms with van der Waals surface area (Å²) in [5.74, 6) is -2.06. The first kappa shape index (κ1) is 63.4. The van der Waals surface area contributed by atoms with Crippen LogP contribution in [-0.4, -0.2) is 214 Å². The predicted octanol–water partition coefficient (Wildman–Crippen LogP) is 4.74. The molecule has 3 aliphatic rings. The van der Waals surface area contributed by atoms with Gasteiger partial charge in [-0.15, -0.1) is 16.9 Å². The first-order valence-corrected chi connectivity index (χ1v) is 27.7. The third-order valence-electron chi connectivity index (χ3n) is 16.3. The molecule has 3 fully saturated rings. The molecule has 3 saturated heterocycles. The van der Waals surface area contributed by atoms with E-state index in [1.165, 1.54) is 18.7 Å². The molecule has 21 heteroatoms. The number of esters is 1. The number of ether oxygens (including phenoxy) is 8. The summed E-state index contributed by atoms with van der Waals surface area (Å²) in [4.78, 5) is 19.5. The smallest absolute Gasteiger partial charge is 0.311 e. The molecule has 4 heterocycles. The molecule has 5 rings (SSSR count). The minimum absolute atomic E-state index is 0.0854. The largest absolute Gasteiger partial charge is 0.459 e. The van der Waals surface area contributed by atoms with Gasteiger partial charge in [-0.3, -0.25) is 4.79 Å². The maximum Gasteiger partial charge on any atom is 0.311 e. The number of aliphatic hydroxyl groups excluding tert-OH is 3. The number of nitrogens with zero attached hydrogens (tertiary/aromatic N) is 5. The van der Waals surface area contributed by atoms with Crippen molar-refractivity contribution in [2.24, 2.45) is 17.8 Å². The van der Waals surface area contributed by atoms with E-state index in [-0.39, 0.29) is 25.2 Å². The quantitative estimate of drug-likeness (QED) is 0.0727. The maximum absolute atomic E-state index is 14.9. The lowest BCUT2D eigenvalue weighted by atomic mass is 9.77. The summed E-state index contributed by atoms with van der Waals surface area (Å²) in [6.45, 7) is 18.2. The Kier molecular flexibility index (Phi) is 23.3. The Labute approximate surface area is 449 Å². The summed E-state index contributed by atoms with van der Waals surface area (Å²) in [7, 11) is 8.43. The first-order valence-electron chi connectivity index (χ1n) is 26.7. The molecule has 20 atom stereocenters. The van der Waals surface area contributed by atoms with Gasteiger partial charge in [0, 0.05) is 82.1 Å². The third kappa shape index (κ3) is 15.5. The molecule has 0 radical (unpaired) electrons. The van der Waals surface area contributed by atoms with Crippen LogP contribution in [0.15, 0.2) is 35.4 Å². The summed E-state index contributed by atoms with van der Waals surface area (Å²) in [5, 5.41) is 68.6. The van der Waals surface area contributed by atoms with E-state index in [0.29, 0.717) is 38.2 Å². The second-order valence-corrected chi connectivity index (χ2v) is 23.6. The topological polar surface area (TPSA) is 229 Å². The van der Waals surface area contributed by atoms with E-state index in [0.717, 1.165) is 16.2 Å². The number of benzene rings is 1. The van der Waals surface area contributed by atoms with Gasteiger partial charge >= 0.3 is 5.97 Å². The Hall–Kier alpha value is -2.45. The molecule has 0 saturated carbocycles. The number of hydrogen-bond donors (Lipinski definition) is 5. The minimum Gasteiger partial charge on any atom is -0.459 e. The van der Waals surface area contributed by atoms with E-state index in [2.05, 4.69) is 10.3 Å². The summed E-state index contributed by atoms with van der Waals surface area (Å²) >= 11 is 1.67. The second kappa shape index (κ2) is 27.6. The lowest BCUT2D eigenvalue weighted by molar-refractivity contribution is -0.318. The lowest BCUT2D eigenvalue weighted by Crippen LogP contribution is -2.61. The Morgan fingerprint density at radius 1 is 0.973 bits per heavy atom. The molecule has 1 aromatic heterocycles. The van der Waals surface area contributed by atoms with Gasteiger partial charge in [-0.1, -0.05) is 38.1 Å². The Morgan fingerprint density at radius 3 is 2.27 bits per heavy atom. The van der Waals surface area contributed by atoms with E-state index in [1.807, 2.05) is 62.0 Å². The summed E-state index contributed by atoms with van der Waals surface area (Å²) in [6, 6.07) is 5.99. The summed E-state index contributed by atoms with van der Waals surface area (Å²) in [6.07, 6.45) is -7.91. The van der Waals surface area contributed by atoms with Gasteiger partial charge in [0.15, 0.2) is 12.6 Å².